The predicted octanol–water partition coefficient (Wildman–Crippen LogP) is 4.37. The number of nitrogens with one attached hydrogen (secondary N) is 1. The molecule has 6 nitrogen and oxygen atoms in total. The minimum atomic E-state index is -0.730. The number of carbonyl (C=O) groups excluding carboxylic acids is 3. The van der Waals surface area contributed by atoms with Crippen LogP contribution in [0, 0.1) is 11.8 Å². The van der Waals surface area contributed by atoms with Gasteiger partial charge < -0.3 is 15.0 Å². The van der Waals surface area contributed by atoms with E-state index < -0.39 is 12.0 Å². The molecule has 32 heavy (non-hydrogen) atoms. The van der Waals surface area contributed by atoms with Crippen molar-refractivity contribution in [2.75, 3.05) is 20.2 Å². The SMILES string of the molecule is CCCN(CCC(C)C(=O)N[C@@H](Cc1ccccc1)C(=O)OC)C(=O)CCC[C@@H](C)CC. The number of nitrogens with zero attached hydrogens (tertiary/aromatic N) is 1. The summed E-state index contributed by atoms with van der Waals surface area (Å²) < 4.78 is 4.88. The molecule has 1 aromatic rings. The number of rotatable bonds is 15. The first-order valence-electron chi connectivity index (χ1n) is 12.0. The summed E-state index contributed by atoms with van der Waals surface area (Å²) >= 11 is 0. The first-order valence-corrected chi connectivity index (χ1v) is 12.0. The molecule has 6 heteroatoms. The van der Waals surface area contributed by atoms with E-state index in [1.807, 2.05) is 42.2 Å². The van der Waals surface area contributed by atoms with Crippen LogP contribution in [0.15, 0.2) is 30.3 Å². The molecule has 1 unspecified atom stereocenters. The van der Waals surface area contributed by atoms with Gasteiger partial charge in [-0.05, 0) is 30.7 Å². The van der Waals surface area contributed by atoms with E-state index in [1.165, 1.54) is 7.11 Å². The summed E-state index contributed by atoms with van der Waals surface area (Å²) in [5.41, 5.74) is 0.952. The molecule has 0 aliphatic carbocycles. The van der Waals surface area contributed by atoms with Crippen LogP contribution in [0.3, 0.4) is 0 Å². The molecule has 0 spiro atoms. The van der Waals surface area contributed by atoms with Crippen LogP contribution in [0.1, 0.15) is 71.8 Å². The summed E-state index contributed by atoms with van der Waals surface area (Å²) in [6.45, 7) is 9.53. The van der Waals surface area contributed by atoms with Gasteiger partial charge in [0.2, 0.25) is 11.8 Å². The third kappa shape index (κ3) is 10.3. The maximum atomic E-state index is 12.8. The highest BCUT2D eigenvalue weighted by Crippen LogP contribution is 2.14. The molecule has 0 fully saturated rings. The molecule has 1 rings (SSSR count). The van der Waals surface area contributed by atoms with Gasteiger partial charge in [-0.25, -0.2) is 4.79 Å². The number of carbonyl (C=O) groups is 3. The van der Waals surface area contributed by atoms with Gasteiger partial charge in [0.15, 0.2) is 0 Å². The molecule has 0 aliphatic heterocycles. The summed E-state index contributed by atoms with van der Waals surface area (Å²) in [6.07, 6.45) is 5.49. The maximum absolute atomic E-state index is 12.8. The number of esters is 1. The van der Waals surface area contributed by atoms with Gasteiger partial charge in [-0.2, -0.15) is 0 Å². The van der Waals surface area contributed by atoms with E-state index in [2.05, 4.69) is 26.1 Å². The third-order valence-corrected chi connectivity index (χ3v) is 6.00. The second-order valence-electron chi connectivity index (χ2n) is 8.75. The van der Waals surface area contributed by atoms with Crippen molar-refractivity contribution in [2.24, 2.45) is 11.8 Å². The second kappa shape index (κ2) is 15.4. The molecule has 0 aromatic heterocycles. The van der Waals surface area contributed by atoms with Crippen LogP contribution in [0.2, 0.25) is 0 Å². The molecule has 180 valence electrons. The van der Waals surface area contributed by atoms with Gasteiger partial charge in [0.05, 0.1) is 7.11 Å². The fourth-order valence-electron chi connectivity index (χ4n) is 3.58. The average molecular weight is 447 g/mol. The third-order valence-electron chi connectivity index (χ3n) is 6.00. The van der Waals surface area contributed by atoms with Crippen LogP contribution in [0.25, 0.3) is 0 Å². The molecule has 0 saturated heterocycles. The lowest BCUT2D eigenvalue weighted by Crippen LogP contribution is -2.45. The van der Waals surface area contributed by atoms with Gasteiger partial charge in [0, 0.05) is 31.8 Å². The zero-order valence-corrected chi connectivity index (χ0v) is 20.6. The van der Waals surface area contributed by atoms with Crippen molar-refractivity contribution in [1.29, 1.82) is 0 Å². The van der Waals surface area contributed by atoms with E-state index in [-0.39, 0.29) is 17.7 Å². The Hall–Kier alpha value is -2.37. The van der Waals surface area contributed by atoms with Crippen LogP contribution >= 0.6 is 0 Å². The van der Waals surface area contributed by atoms with E-state index in [4.69, 9.17) is 4.74 Å². The molecule has 0 heterocycles. The molecule has 1 N–H and O–H groups in total. The number of methoxy groups -OCH3 is 1. The van der Waals surface area contributed by atoms with Crippen molar-refractivity contribution in [3.05, 3.63) is 35.9 Å². The monoisotopic (exact) mass is 446 g/mol. The number of hydrogen-bond acceptors (Lipinski definition) is 4. The molecule has 1 aromatic carbocycles. The quantitative estimate of drug-likeness (QED) is 0.406. The highest BCUT2D eigenvalue weighted by molar-refractivity contribution is 5.85. The Morgan fingerprint density at radius 3 is 2.31 bits per heavy atom. The molecule has 3 atom stereocenters. The minimum absolute atomic E-state index is 0.166. The Bertz CT molecular complexity index is 692. The molecule has 0 radical (unpaired) electrons. The predicted molar refractivity (Wildman–Crippen MR) is 128 cm³/mol. The molecule has 2 amide bonds. The van der Waals surface area contributed by atoms with Crippen LogP contribution in [-0.4, -0.2) is 48.9 Å². The Kier molecular flexibility index (Phi) is 13.3. The van der Waals surface area contributed by atoms with Gasteiger partial charge >= 0.3 is 5.97 Å². The lowest BCUT2D eigenvalue weighted by Gasteiger charge is -2.25. The molecule has 0 saturated carbocycles. The average Bonchev–Trinajstić information content (AvgIpc) is 2.80. The fraction of sp³-hybridized carbons (Fsp3) is 0.654. The van der Waals surface area contributed by atoms with Gasteiger partial charge in [-0.1, -0.05) is 70.9 Å². The Morgan fingerprint density at radius 1 is 1.03 bits per heavy atom. The largest absolute Gasteiger partial charge is 0.467 e. The van der Waals surface area contributed by atoms with Crippen LogP contribution in [-0.2, 0) is 25.5 Å². The Morgan fingerprint density at radius 2 is 1.72 bits per heavy atom. The van der Waals surface area contributed by atoms with E-state index in [0.29, 0.717) is 38.3 Å². The highest BCUT2D eigenvalue weighted by atomic mass is 16.5. The number of ether oxygens (including phenoxy) is 1. The minimum Gasteiger partial charge on any atom is -0.467 e. The number of benzene rings is 1. The first kappa shape index (κ1) is 27.7. The van der Waals surface area contributed by atoms with Crippen molar-refractivity contribution < 1.29 is 19.1 Å². The van der Waals surface area contributed by atoms with Crippen LogP contribution in [0.4, 0.5) is 0 Å². The van der Waals surface area contributed by atoms with Gasteiger partial charge in [-0.15, -0.1) is 0 Å². The zero-order chi connectivity index (χ0) is 23.9. The van der Waals surface area contributed by atoms with Crippen molar-refractivity contribution in [3.63, 3.8) is 0 Å². The lowest BCUT2D eigenvalue weighted by atomic mass is 10.0. The Balaban J connectivity index is 2.60. The summed E-state index contributed by atoms with van der Waals surface area (Å²) in [6, 6.07) is 8.81. The van der Waals surface area contributed by atoms with Crippen molar-refractivity contribution in [3.8, 4) is 0 Å². The highest BCUT2D eigenvalue weighted by Gasteiger charge is 2.25. The van der Waals surface area contributed by atoms with Crippen molar-refractivity contribution >= 4 is 17.8 Å². The topological polar surface area (TPSA) is 75.7 Å². The Labute approximate surface area is 194 Å². The van der Waals surface area contributed by atoms with Gasteiger partial charge in [0.25, 0.3) is 0 Å². The number of amides is 2. The van der Waals surface area contributed by atoms with Crippen LogP contribution < -0.4 is 5.32 Å². The smallest absolute Gasteiger partial charge is 0.328 e. The summed E-state index contributed by atoms with van der Waals surface area (Å²) in [5.74, 6) is -0.162. The molecule has 0 aliphatic rings. The van der Waals surface area contributed by atoms with E-state index in [1.54, 1.807) is 0 Å². The van der Waals surface area contributed by atoms with Gasteiger partial charge in [-0.3, -0.25) is 9.59 Å². The molecular formula is C26H42N2O4. The normalized spacial score (nSPS) is 13.7. The zero-order valence-electron chi connectivity index (χ0n) is 20.6. The molecular weight excluding hydrogens is 404 g/mol. The van der Waals surface area contributed by atoms with E-state index in [9.17, 15) is 14.4 Å². The molecule has 0 bridgehead atoms. The fourth-order valence-corrected chi connectivity index (χ4v) is 3.58. The lowest BCUT2D eigenvalue weighted by molar-refractivity contribution is -0.145. The number of hydrogen-bond donors (Lipinski definition) is 1. The van der Waals surface area contributed by atoms with Crippen molar-refractivity contribution in [1.82, 2.24) is 10.2 Å². The summed E-state index contributed by atoms with van der Waals surface area (Å²) in [5, 5.41) is 2.84. The van der Waals surface area contributed by atoms with E-state index in [0.717, 1.165) is 31.2 Å². The first-order chi connectivity index (χ1) is 15.3. The van der Waals surface area contributed by atoms with Crippen LogP contribution in [0.5, 0.6) is 0 Å². The van der Waals surface area contributed by atoms with Crippen molar-refractivity contribution in [2.45, 2.75) is 78.7 Å². The van der Waals surface area contributed by atoms with Gasteiger partial charge in [0.1, 0.15) is 6.04 Å². The van der Waals surface area contributed by atoms with E-state index >= 15 is 0 Å². The standard InChI is InChI=1S/C26H42N2O4/c1-6-17-28(24(29)15-11-12-20(3)7-2)18-16-21(4)25(30)27-23(26(31)32-5)19-22-13-9-8-10-14-22/h8-10,13-14,20-21,23H,6-7,11-12,15-19H2,1-5H3,(H,27,30)/t20-,21?,23-/m0/s1. The second-order valence-corrected chi connectivity index (χ2v) is 8.75. The summed E-state index contributed by atoms with van der Waals surface area (Å²) in [4.78, 5) is 39.5. The summed E-state index contributed by atoms with van der Waals surface area (Å²) in [7, 11) is 1.32. The maximum Gasteiger partial charge on any atom is 0.328 e.